The molecule has 0 aliphatic rings. The minimum atomic E-state index is -0.788. The number of ether oxygens (including phenoxy) is 3. The molecule has 0 aliphatic carbocycles. The summed E-state index contributed by atoms with van der Waals surface area (Å²) in [4.78, 5) is 38.3. The number of carbonyl (C=O) groups is 3. The molecule has 0 spiro atoms. The van der Waals surface area contributed by atoms with E-state index in [-0.39, 0.29) is 31.1 Å². The first-order chi connectivity index (χ1) is 40.0. The van der Waals surface area contributed by atoms with Crippen molar-refractivity contribution in [3.05, 3.63) is 72.9 Å². The first-order valence-electron chi connectivity index (χ1n) is 35.4. The van der Waals surface area contributed by atoms with E-state index in [1.165, 1.54) is 212 Å². The fourth-order valence-electron chi connectivity index (χ4n) is 10.3. The Balaban J connectivity index is 4.08. The number of unbranched alkanes of at least 4 members (excludes halogenated alkanes) is 42. The van der Waals surface area contributed by atoms with Gasteiger partial charge in [-0.05, 0) is 109 Å². The highest BCUT2D eigenvalue weighted by molar-refractivity contribution is 5.71. The monoisotopic (exact) mass is 1130 g/mol. The van der Waals surface area contributed by atoms with Gasteiger partial charge in [-0.25, -0.2) is 0 Å². The lowest BCUT2D eigenvalue weighted by molar-refractivity contribution is -0.167. The smallest absolute Gasteiger partial charge is 0.306 e. The molecular formula is C75H134O6. The predicted molar refractivity (Wildman–Crippen MR) is 353 cm³/mol. The fourth-order valence-corrected chi connectivity index (χ4v) is 10.3. The maximum absolute atomic E-state index is 12.9. The molecule has 0 fully saturated rings. The summed E-state index contributed by atoms with van der Waals surface area (Å²) in [5, 5.41) is 0. The summed E-state index contributed by atoms with van der Waals surface area (Å²) in [5.41, 5.74) is 0. The average Bonchev–Trinajstić information content (AvgIpc) is 3.46. The zero-order chi connectivity index (χ0) is 58.5. The zero-order valence-corrected chi connectivity index (χ0v) is 54.1. The van der Waals surface area contributed by atoms with E-state index < -0.39 is 6.10 Å². The zero-order valence-electron chi connectivity index (χ0n) is 54.1. The molecule has 0 radical (unpaired) electrons. The Hall–Kier alpha value is -3.15. The Labute approximate surface area is 503 Å². The van der Waals surface area contributed by atoms with Crippen LogP contribution in [-0.2, 0) is 28.6 Å². The topological polar surface area (TPSA) is 78.9 Å². The number of allylic oxidation sites excluding steroid dienone is 12. The molecule has 0 rings (SSSR count). The molecule has 0 saturated carbocycles. The molecule has 470 valence electrons. The molecule has 0 bridgehead atoms. The van der Waals surface area contributed by atoms with Crippen molar-refractivity contribution >= 4 is 17.9 Å². The second-order valence-electron chi connectivity index (χ2n) is 23.8. The van der Waals surface area contributed by atoms with E-state index >= 15 is 0 Å². The van der Waals surface area contributed by atoms with Crippen molar-refractivity contribution in [2.24, 2.45) is 0 Å². The minimum absolute atomic E-state index is 0.0823. The van der Waals surface area contributed by atoms with Crippen molar-refractivity contribution in [2.75, 3.05) is 13.2 Å². The van der Waals surface area contributed by atoms with E-state index in [1.807, 2.05) is 0 Å². The van der Waals surface area contributed by atoms with Gasteiger partial charge >= 0.3 is 17.9 Å². The molecule has 1 atom stereocenters. The minimum Gasteiger partial charge on any atom is -0.462 e. The lowest BCUT2D eigenvalue weighted by Crippen LogP contribution is -2.30. The lowest BCUT2D eigenvalue weighted by Gasteiger charge is -2.18. The SMILES string of the molecule is CCC/C=C\C/C=C\CCCCCCCC(=O)OCC(COC(=O)CCCCCCCCCCCCCCCCCCCCCCCCC/C=C\C/C=C\CCCCCCC)OC(=O)CCCCCCC/C=C\C/C=C\CCCCC. The highest BCUT2D eigenvalue weighted by Crippen LogP contribution is 2.18. The Bertz CT molecular complexity index is 1490. The molecule has 81 heavy (non-hydrogen) atoms. The van der Waals surface area contributed by atoms with Gasteiger partial charge in [0.05, 0.1) is 0 Å². The predicted octanol–water partition coefficient (Wildman–Crippen LogP) is 24.4. The second kappa shape index (κ2) is 69.3. The van der Waals surface area contributed by atoms with Crippen molar-refractivity contribution in [1.29, 1.82) is 0 Å². The van der Waals surface area contributed by atoms with Gasteiger partial charge < -0.3 is 14.2 Å². The summed E-state index contributed by atoms with van der Waals surface area (Å²) < 4.78 is 16.9. The van der Waals surface area contributed by atoms with Gasteiger partial charge in [-0.15, -0.1) is 0 Å². The van der Waals surface area contributed by atoms with Gasteiger partial charge in [0, 0.05) is 19.3 Å². The van der Waals surface area contributed by atoms with E-state index in [0.717, 1.165) is 116 Å². The number of hydrogen-bond acceptors (Lipinski definition) is 6. The van der Waals surface area contributed by atoms with Crippen LogP contribution in [0.5, 0.6) is 0 Å². The van der Waals surface area contributed by atoms with Gasteiger partial charge in [-0.2, -0.15) is 0 Å². The van der Waals surface area contributed by atoms with Crippen LogP contribution in [-0.4, -0.2) is 37.2 Å². The lowest BCUT2D eigenvalue weighted by atomic mass is 10.0. The Morgan fingerprint density at radius 3 is 0.753 bits per heavy atom. The molecule has 0 saturated heterocycles. The van der Waals surface area contributed by atoms with Gasteiger partial charge in [0.15, 0.2) is 6.10 Å². The highest BCUT2D eigenvalue weighted by atomic mass is 16.6. The van der Waals surface area contributed by atoms with Gasteiger partial charge in [-0.1, -0.05) is 312 Å². The molecule has 0 aromatic heterocycles. The van der Waals surface area contributed by atoms with Crippen LogP contribution in [0.3, 0.4) is 0 Å². The average molecular weight is 1130 g/mol. The normalized spacial score (nSPS) is 12.5. The molecular weight excluding hydrogens is 997 g/mol. The summed E-state index contributed by atoms with van der Waals surface area (Å²) >= 11 is 0. The van der Waals surface area contributed by atoms with Crippen molar-refractivity contribution in [1.82, 2.24) is 0 Å². The van der Waals surface area contributed by atoms with Crippen LogP contribution in [0.4, 0.5) is 0 Å². The third-order valence-electron chi connectivity index (χ3n) is 15.6. The van der Waals surface area contributed by atoms with Crippen LogP contribution in [0, 0.1) is 0 Å². The first-order valence-corrected chi connectivity index (χ1v) is 35.4. The van der Waals surface area contributed by atoms with Crippen LogP contribution in [0.1, 0.15) is 367 Å². The Morgan fingerprint density at radius 1 is 0.247 bits per heavy atom. The van der Waals surface area contributed by atoms with Crippen molar-refractivity contribution < 1.29 is 28.6 Å². The van der Waals surface area contributed by atoms with Crippen LogP contribution < -0.4 is 0 Å². The molecule has 0 heterocycles. The maximum atomic E-state index is 12.9. The molecule has 0 amide bonds. The molecule has 0 aliphatic heterocycles. The summed E-state index contributed by atoms with van der Waals surface area (Å²) in [6.45, 7) is 6.56. The Kier molecular flexibility index (Phi) is 66.6. The van der Waals surface area contributed by atoms with Crippen molar-refractivity contribution in [3.8, 4) is 0 Å². The number of hydrogen-bond donors (Lipinski definition) is 0. The number of esters is 3. The number of carbonyl (C=O) groups excluding carboxylic acids is 3. The standard InChI is InChI=1S/C75H134O6/c1-4-7-10-13-16-19-22-25-27-28-29-30-31-32-33-34-35-36-37-38-39-40-41-42-43-44-45-46-48-50-53-56-59-62-65-68-74(77)80-71-72(70-79-73(76)67-64-61-58-55-52-49-24-21-18-15-12-9-6-3)81-75(78)69-66-63-60-57-54-51-47-26-23-20-17-14-11-8-5-2/h12,15,17,20-22,24-26,28-29,47,72H,4-11,13-14,16,18-19,23,27,30-46,48-71H2,1-3H3/b15-12-,20-17-,24-21-,25-22-,29-28-,47-26-. The van der Waals surface area contributed by atoms with Crippen LogP contribution in [0.25, 0.3) is 0 Å². The molecule has 1 unspecified atom stereocenters. The van der Waals surface area contributed by atoms with E-state index in [9.17, 15) is 14.4 Å². The van der Waals surface area contributed by atoms with Gasteiger partial charge in [0.25, 0.3) is 0 Å². The molecule has 0 aromatic carbocycles. The van der Waals surface area contributed by atoms with E-state index in [2.05, 4.69) is 93.7 Å². The summed E-state index contributed by atoms with van der Waals surface area (Å²) in [6, 6.07) is 0. The Morgan fingerprint density at radius 2 is 0.469 bits per heavy atom. The van der Waals surface area contributed by atoms with E-state index in [1.54, 1.807) is 0 Å². The third kappa shape index (κ3) is 67.5. The summed E-state index contributed by atoms with van der Waals surface area (Å²) in [6.07, 6.45) is 91.0. The van der Waals surface area contributed by atoms with Crippen molar-refractivity contribution in [2.45, 2.75) is 374 Å². The van der Waals surface area contributed by atoms with Crippen LogP contribution >= 0.6 is 0 Å². The third-order valence-corrected chi connectivity index (χ3v) is 15.6. The maximum Gasteiger partial charge on any atom is 0.306 e. The van der Waals surface area contributed by atoms with Crippen LogP contribution in [0.15, 0.2) is 72.9 Å². The van der Waals surface area contributed by atoms with Gasteiger partial charge in [0.2, 0.25) is 0 Å². The number of rotatable bonds is 65. The van der Waals surface area contributed by atoms with E-state index in [0.29, 0.717) is 19.3 Å². The van der Waals surface area contributed by atoms with Gasteiger partial charge in [-0.3, -0.25) is 14.4 Å². The molecule has 6 nitrogen and oxygen atoms in total. The van der Waals surface area contributed by atoms with Gasteiger partial charge in [0.1, 0.15) is 13.2 Å². The first kappa shape index (κ1) is 77.9. The summed E-state index contributed by atoms with van der Waals surface area (Å²) in [5.74, 6) is -0.894. The molecule has 0 N–H and O–H groups in total. The quantitative estimate of drug-likeness (QED) is 0.0261. The largest absolute Gasteiger partial charge is 0.462 e. The molecule has 6 heteroatoms. The van der Waals surface area contributed by atoms with E-state index in [4.69, 9.17) is 14.2 Å². The fraction of sp³-hybridized carbons (Fsp3) is 0.800. The second-order valence-corrected chi connectivity index (χ2v) is 23.8. The molecule has 0 aromatic rings. The van der Waals surface area contributed by atoms with Crippen LogP contribution in [0.2, 0.25) is 0 Å². The highest BCUT2D eigenvalue weighted by Gasteiger charge is 2.19. The summed E-state index contributed by atoms with van der Waals surface area (Å²) in [7, 11) is 0. The van der Waals surface area contributed by atoms with Crippen molar-refractivity contribution in [3.63, 3.8) is 0 Å².